The Labute approximate surface area is 143 Å². The SMILES string of the molecule is OCC1CN(c2cccc(-n3cnc4ccccc43)n2)CCC1(F)F. The second-order valence-corrected chi connectivity index (χ2v) is 6.29. The number of benzene rings is 1. The highest BCUT2D eigenvalue weighted by atomic mass is 19.3. The highest BCUT2D eigenvalue weighted by Gasteiger charge is 2.43. The van der Waals surface area contributed by atoms with Crippen LogP contribution in [-0.4, -0.2) is 45.3 Å². The van der Waals surface area contributed by atoms with Gasteiger partial charge in [0.05, 0.1) is 23.6 Å². The van der Waals surface area contributed by atoms with Crippen molar-refractivity contribution < 1.29 is 13.9 Å². The van der Waals surface area contributed by atoms with Gasteiger partial charge in [-0.1, -0.05) is 18.2 Å². The van der Waals surface area contributed by atoms with Crippen molar-refractivity contribution in [3.05, 3.63) is 48.8 Å². The lowest BCUT2D eigenvalue weighted by Crippen LogP contribution is -2.49. The summed E-state index contributed by atoms with van der Waals surface area (Å²) in [4.78, 5) is 10.8. The fraction of sp³-hybridized carbons (Fsp3) is 0.333. The number of anilines is 1. The molecular formula is C18H18F2N4O. The van der Waals surface area contributed by atoms with Crippen molar-refractivity contribution in [2.24, 2.45) is 5.92 Å². The van der Waals surface area contributed by atoms with Crippen LogP contribution in [0.4, 0.5) is 14.6 Å². The first-order chi connectivity index (χ1) is 12.1. The normalized spacial score (nSPS) is 20.1. The molecule has 0 saturated carbocycles. The molecule has 1 fully saturated rings. The van der Waals surface area contributed by atoms with Crippen molar-refractivity contribution >= 4 is 16.9 Å². The summed E-state index contributed by atoms with van der Waals surface area (Å²) in [5.74, 6) is -2.59. The third-order valence-electron chi connectivity index (χ3n) is 4.72. The summed E-state index contributed by atoms with van der Waals surface area (Å²) in [5.41, 5.74) is 1.80. The maximum absolute atomic E-state index is 13.8. The molecule has 1 unspecified atom stereocenters. The minimum Gasteiger partial charge on any atom is -0.396 e. The van der Waals surface area contributed by atoms with Crippen LogP contribution in [0.25, 0.3) is 16.9 Å². The Morgan fingerprint density at radius 2 is 1.92 bits per heavy atom. The number of hydrogen-bond donors (Lipinski definition) is 1. The molecular weight excluding hydrogens is 326 g/mol. The highest BCUT2D eigenvalue weighted by molar-refractivity contribution is 5.76. The molecule has 0 radical (unpaired) electrons. The molecule has 0 spiro atoms. The topological polar surface area (TPSA) is 54.2 Å². The molecule has 1 aliphatic heterocycles. The second kappa shape index (κ2) is 6.07. The van der Waals surface area contributed by atoms with Crippen LogP contribution in [0.1, 0.15) is 6.42 Å². The maximum atomic E-state index is 13.8. The van der Waals surface area contributed by atoms with E-state index in [1.54, 1.807) is 17.3 Å². The lowest BCUT2D eigenvalue weighted by molar-refractivity contribution is -0.0880. The number of aromatic nitrogens is 3. The van der Waals surface area contributed by atoms with Crippen molar-refractivity contribution in [2.45, 2.75) is 12.3 Å². The van der Waals surface area contributed by atoms with Crippen LogP contribution in [0.5, 0.6) is 0 Å². The van der Waals surface area contributed by atoms with E-state index in [0.717, 1.165) is 11.0 Å². The van der Waals surface area contributed by atoms with Crippen molar-refractivity contribution in [1.82, 2.24) is 14.5 Å². The van der Waals surface area contributed by atoms with Crippen LogP contribution >= 0.6 is 0 Å². The van der Waals surface area contributed by atoms with Crippen LogP contribution in [0.2, 0.25) is 0 Å². The minimum atomic E-state index is -2.83. The predicted octanol–water partition coefficient (Wildman–Crippen LogP) is 2.87. The van der Waals surface area contributed by atoms with Crippen LogP contribution in [-0.2, 0) is 0 Å². The Hall–Kier alpha value is -2.54. The van der Waals surface area contributed by atoms with Gasteiger partial charge in [-0.05, 0) is 24.3 Å². The van der Waals surface area contributed by atoms with Crippen LogP contribution < -0.4 is 4.90 Å². The molecule has 1 aromatic carbocycles. The van der Waals surface area contributed by atoms with Crippen LogP contribution in [0.15, 0.2) is 48.8 Å². The summed E-state index contributed by atoms with van der Waals surface area (Å²) in [5, 5.41) is 9.28. The van der Waals surface area contributed by atoms with Gasteiger partial charge in [-0.3, -0.25) is 4.57 Å². The van der Waals surface area contributed by atoms with E-state index in [4.69, 9.17) is 0 Å². The number of hydrogen-bond acceptors (Lipinski definition) is 4. The third-order valence-corrected chi connectivity index (χ3v) is 4.72. The zero-order chi connectivity index (χ0) is 17.4. The summed E-state index contributed by atoms with van der Waals surface area (Å²) >= 11 is 0. The molecule has 5 nitrogen and oxygen atoms in total. The number of rotatable bonds is 3. The van der Waals surface area contributed by atoms with E-state index in [0.29, 0.717) is 11.6 Å². The molecule has 7 heteroatoms. The van der Waals surface area contributed by atoms with E-state index in [-0.39, 0.29) is 19.5 Å². The van der Waals surface area contributed by atoms with E-state index in [1.807, 2.05) is 41.0 Å². The Morgan fingerprint density at radius 1 is 1.12 bits per heavy atom. The molecule has 0 amide bonds. The number of halogens is 2. The summed E-state index contributed by atoms with van der Waals surface area (Å²) in [7, 11) is 0. The monoisotopic (exact) mass is 344 g/mol. The van der Waals surface area contributed by atoms with Crippen molar-refractivity contribution in [2.75, 3.05) is 24.6 Å². The molecule has 25 heavy (non-hydrogen) atoms. The fourth-order valence-corrected chi connectivity index (χ4v) is 3.24. The van der Waals surface area contributed by atoms with Gasteiger partial charge < -0.3 is 10.0 Å². The van der Waals surface area contributed by atoms with Gasteiger partial charge in [0, 0.05) is 19.5 Å². The van der Waals surface area contributed by atoms with Gasteiger partial charge in [0.2, 0.25) is 0 Å². The summed E-state index contributed by atoms with van der Waals surface area (Å²) in [6, 6.07) is 13.3. The molecule has 2 aromatic heterocycles. The van der Waals surface area contributed by atoms with E-state index in [9.17, 15) is 13.9 Å². The quantitative estimate of drug-likeness (QED) is 0.794. The third kappa shape index (κ3) is 2.84. The molecule has 130 valence electrons. The van der Waals surface area contributed by atoms with Gasteiger partial charge in [0.1, 0.15) is 18.0 Å². The number of pyridine rings is 1. The lowest BCUT2D eigenvalue weighted by atomic mass is 9.94. The number of aliphatic hydroxyl groups excluding tert-OH is 1. The van der Waals surface area contributed by atoms with Gasteiger partial charge in [-0.25, -0.2) is 18.7 Å². The first-order valence-electron chi connectivity index (χ1n) is 8.21. The molecule has 1 aliphatic rings. The van der Waals surface area contributed by atoms with Gasteiger partial charge in [0.15, 0.2) is 0 Å². The average Bonchev–Trinajstić information content (AvgIpc) is 3.06. The Morgan fingerprint density at radius 3 is 2.76 bits per heavy atom. The fourth-order valence-electron chi connectivity index (χ4n) is 3.24. The molecule has 1 N–H and O–H groups in total. The molecule has 0 bridgehead atoms. The van der Waals surface area contributed by atoms with Crippen LogP contribution in [0, 0.1) is 5.92 Å². The largest absolute Gasteiger partial charge is 0.396 e. The Kier molecular flexibility index (Phi) is 3.88. The Bertz CT molecular complexity index is 895. The average molecular weight is 344 g/mol. The van der Waals surface area contributed by atoms with Crippen molar-refractivity contribution in [3.8, 4) is 5.82 Å². The zero-order valence-electron chi connectivity index (χ0n) is 13.5. The maximum Gasteiger partial charge on any atom is 0.256 e. The van der Waals surface area contributed by atoms with E-state index < -0.39 is 18.4 Å². The molecule has 1 saturated heterocycles. The summed E-state index contributed by atoms with van der Waals surface area (Å²) in [6.45, 7) is -0.232. The number of fused-ring (bicyclic) bond motifs is 1. The van der Waals surface area contributed by atoms with E-state index in [1.165, 1.54) is 0 Å². The Balaban J connectivity index is 1.66. The summed E-state index contributed by atoms with van der Waals surface area (Å²) in [6.07, 6.45) is 1.43. The number of nitrogens with zero attached hydrogens (tertiary/aromatic N) is 4. The molecule has 3 aromatic rings. The smallest absolute Gasteiger partial charge is 0.256 e. The highest BCUT2D eigenvalue weighted by Crippen LogP contribution is 2.34. The van der Waals surface area contributed by atoms with Crippen molar-refractivity contribution in [1.29, 1.82) is 0 Å². The van der Waals surface area contributed by atoms with Gasteiger partial charge in [-0.15, -0.1) is 0 Å². The van der Waals surface area contributed by atoms with E-state index >= 15 is 0 Å². The van der Waals surface area contributed by atoms with Gasteiger partial charge in [-0.2, -0.15) is 0 Å². The zero-order valence-corrected chi connectivity index (χ0v) is 13.5. The number of imidazole rings is 1. The van der Waals surface area contributed by atoms with Crippen molar-refractivity contribution in [3.63, 3.8) is 0 Å². The minimum absolute atomic E-state index is 0.0879. The first kappa shape index (κ1) is 16.0. The second-order valence-electron chi connectivity index (χ2n) is 6.29. The van der Waals surface area contributed by atoms with Crippen LogP contribution in [0.3, 0.4) is 0 Å². The molecule has 1 atom stereocenters. The number of aliphatic hydroxyl groups is 1. The molecule has 0 aliphatic carbocycles. The number of alkyl halides is 2. The summed E-state index contributed by atoms with van der Waals surface area (Å²) < 4.78 is 29.5. The standard InChI is InChI=1S/C18H18F2N4O/c19-18(20)8-9-23(10-13(18)11-25)16-6-3-7-17(22-16)24-12-21-14-4-1-2-5-15(14)24/h1-7,12-13,25H,8-11H2. The van der Waals surface area contributed by atoms with Gasteiger partial charge in [0.25, 0.3) is 5.92 Å². The van der Waals surface area contributed by atoms with E-state index in [2.05, 4.69) is 9.97 Å². The lowest BCUT2D eigenvalue weighted by Gasteiger charge is -2.38. The van der Waals surface area contributed by atoms with Gasteiger partial charge >= 0.3 is 0 Å². The molecule has 3 heterocycles. The molecule has 4 rings (SSSR count). The number of para-hydroxylation sites is 2. The first-order valence-corrected chi connectivity index (χ1v) is 8.21. The number of piperidine rings is 1. The predicted molar refractivity (Wildman–Crippen MR) is 91.2 cm³/mol.